The topological polar surface area (TPSA) is 36.4 Å². The van der Waals surface area contributed by atoms with Crippen LogP contribution in [0.4, 0.5) is 0 Å². The molecule has 2 aromatic carbocycles. The summed E-state index contributed by atoms with van der Waals surface area (Å²) >= 11 is 5.35. The summed E-state index contributed by atoms with van der Waals surface area (Å²) in [5, 5.41) is 10.9. The predicted molar refractivity (Wildman–Crippen MR) is 102 cm³/mol. The van der Waals surface area contributed by atoms with Crippen LogP contribution in [0.15, 0.2) is 47.6 Å². The van der Waals surface area contributed by atoms with Gasteiger partial charge < -0.3 is 5.32 Å². The van der Waals surface area contributed by atoms with Crippen LogP contribution in [0.5, 0.6) is 0 Å². The minimum Gasteiger partial charge on any atom is -0.359 e. The second-order valence-electron chi connectivity index (χ2n) is 6.18. The number of hydrogen-bond donors (Lipinski definition) is 2. The molecule has 1 aliphatic rings. The maximum atomic E-state index is 5.35. The van der Waals surface area contributed by atoms with Crippen molar-refractivity contribution in [1.29, 1.82) is 0 Å². The highest BCUT2D eigenvalue weighted by molar-refractivity contribution is 7.80. The largest absolute Gasteiger partial charge is 0.359 e. The van der Waals surface area contributed by atoms with E-state index in [4.69, 9.17) is 12.2 Å². The predicted octanol–water partition coefficient (Wildman–Crippen LogP) is 4.36. The van der Waals surface area contributed by atoms with E-state index in [0.29, 0.717) is 11.2 Å². The van der Waals surface area contributed by atoms with E-state index in [9.17, 15) is 0 Å². The fourth-order valence-electron chi connectivity index (χ4n) is 3.08. The molecule has 0 spiro atoms. The zero-order chi connectivity index (χ0) is 16.1. The van der Waals surface area contributed by atoms with Gasteiger partial charge in [-0.15, -0.1) is 0 Å². The summed E-state index contributed by atoms with van der Waals surface area (Å²) in [7, 11) is 0. The lowest BCUT2D eigenvalue weighted by atomic mass is 9.96. The molecule has 4 heteroatoms. The minimum absolute atomic E-state index is 0.500. The summed E-state index contributed by atoms with van der Waals surface area (Å²) in [6.45, 7) is 2.00. The molecule has 0 radical (unpaired) electrons. The van der Waals surface area contributed by atoms with Gasteiger partial charge in [0.2, 0.25) is 0 Å². The number of hydrogen-bond acceptors (Lipinski definition) is 2. The van der Waals surface area contributed by atoms with Crippen molar-refractivity contribution >= 4 is 33.8 Å². The summed E-state index contributed by atoms with van der Waals surface area (Å²) in [5.41, 5.74) is 5.03. The number of rotatable bonds is 3. The van der Waals surface area contributed by atoms with E-state index in [1.54, 1.807) is 0 Å². The lowest BCUT2D eigenvalue weighted by Gasteiger charge is -2.23. The van der Waals surface area contributed by atoms with E-state index in [0.717, 1.165) is 11.3 Å². The molecule has 0 amide bonds. The number of thiocarbonyl (C=S) groups is 1. The molecule has 1 fully saturated rings. The molecule has 0 saturated heterocycles. The van der Waals surface area contributed by atoms with Crippen molar-refractivity contribution in [1.82, 2.24) is 10.7 Å². The second-order valence-corrected chi connectivity index (χ2v) is 6.59. The van der Waals surface area contributed by atoms with Crippen molar-refractivity contribution in [2.75, 3.05) is 0 Å². The van der Waals surface area contributed by atoms with Gasteiger partial charge in [0.15, 0.2) is 5.11 Å². The van der Waals surface area contributed by atoms with Crippen molar-refractivity contribution in [3.8, 4) is 0 Å². The third kappa shape index (κ3) is 4.29. The number of fused-ring (bicyclic) bond motifs is 1. The van der Waals surface area contributed by atoms with Crippen LogP contribution in [-0.4, -0.2) is 16.9 Å². The summed E-state index contributed by atoms with van der Waals surface area (Å²) in [5.74, 6) is 0. The van der Waals surface area contributed by atoms with Crippen LogP contribution in [0.1, 0.15) is 44.6 Å². The van der Waals surface area contributed by atoms with Crippen molar-refractivity contribution in [2.45, 2.75) is 45.1 Å². The van der Waals surface area contributed by atoms with Crippen LogP contribution >= 0.6 is 12.2 Å². The van der Waals surface area contributed by atoms with Gasteiger partial charge in [-0.25, -0.2) is 0 Å². The molecule has 3 rings (SSSR count). The van der Waals surface area contributed by atoms with Gasteiger partial charge >= 0.3 is 0 Å². The monoisotopic (exact) mass is 325 g/mol. The molecular formula is C19H23N3S. The van der Waals surface area contributed by atoms with E-state index < -0.39 is 0 Å². The lowest BCUT2D eigenvalue weighted by Crippen LogP contribution is -2.41. The Balaban J connectivity index is 1.62. The first kappa shape index (κ1) is 15.9. The molecule has 0 bridgehead atoms. The molecule has 0 atom stereocenters. The van der Waals surface area contributed by atoms with Gasteiger partial charge in [0.25, 0.3) is 0 Å². The van der Waals surface area contributed by atoms with Crippen LogP contribution in [0.25, 0.3) is 10.8 Å². The first-order valence-corrected chi connectivity index (χ1v) is 8.73. The highest BCUT2D eigenvalue weighted by Gasteiger charge is 2.13. The Morgan fingerprint density at radius 2 is 1.78 bits per heavy atom. The Morgan fingerprint density at radius 1 is 1.04 bits per heavy atom. The second kappa shape index (κ2) is 7.55. The smallest absolute Gasteiger partial charge is 0.187 e. The molecule has 0 aliphatic heterocycles. The molecule has 23 heavy (non-hydrogen) atoms. The van der Waals surface area contributed by atoms with Gasteiger partial charge in [-0.3, -0.25) is 5.43 Å². The molecule has 1 aliphatic carbocycles. The summed E-state index contributed by atoms with van der Waals surface area (Å²) in [6, 6.07) is 15.2. The quantitative estimate of drug-likeness (QED) is 0.500. The summed E-state index contributed by atoms with van der Waals surface area (Å²) in [4.78, 5) is 0. The molecule has 2 aromatic rings. The van der Waals surface area contributed by atoms with Crippen LogP contribution in [0, 0.1) is 0 Å². The van der Waals surface area contributed by atoms with E-state index in [2.05, 4.69) is 58.3 Å². The van der Waals surface area contributed by atoms with Crippen LogP contribution in [0.2, 0.25) is 0 Å². The fraction of sp³-hybridized carbons (Fsp3) is 0.368. The van der Waals surface area contributed by atoms with Crippen molar-refractivity contribution in [3.63, 3.8) is 0 Å². The van der Waals surface area contributed by atoms with Crippen LogP contribution in [-0.2, 0) is 0 Å². The molecule has 3 nitrogen and oxygen atoms in total. The van der Waals surface area contributed by atoms with Gasteiger partial charge in [0, 0.05) is 6.04 Å². The Morgan fingerprint density at radius 3 is 2.57 bits per heavy atom. The van der Waals surface area contributed by atoms with E-state index in [1.165, 1.54) is 42.9 Å². The van der Waals surface area contributed by atoms with Crippen molar-refractivity contribution < 1.29 is 0 Å². The minimum atomic E-state index is 0.500. The fourth-order valence-corrected chi connectivity index (χ4v) is 3.29. The van der Waals surface area contributed by atoms with Crippen molar-refractivity contribution in [3.05, 3.63) is 48.0 Å². The molecule has 120 valence electrons. The summed E-state index contributed by atoms with van der Waals surface area (Å²) in [6.07, 6.45) is 6.33. The summed E-state index contributed by atoms with van der Waals surface area (Å²) < 4.78 is 0. The number of nitrogens with one attached hydrogen (secondary N) is 2. The molecular weight excluding hydrogens is 302 g/mol. The maximum Gasteiger partial charge on any atom is 0.187 e. The Bertz CT molecular complexity index is 717. The third-order valence-corrected chi connectivity index (χ3v) is 4.64. The Kier molecular flexibility index (Phi) is 5.23. The SMILES string of the molecule is C/C(=N/NC(=S)NC1CCCCC1)c1ccc2ccccc2c1. The van der Waals surface area contributed by atoms with Crippen LogP contribution in [0.3, 0.4) is 0 Å². The van der Waals surface area contributed by atoms with Gasteiger partial charge in [-0.2, -0.15) is 5.10 Å². The highest BCUT2D eigenvalue weighted by atomic mass is 32.1. The third-order valence-electron chi connectivity index (χ3n) is 4.43. The van der Waals surface area contributed by atoms with Gasteiger partial charge in [0.1, 0.15) is 0 Å². The van der Waals surface area contributed by atoms with E-state index in [-0.39, 0.29) is 0 Å². The number of nitrogens with zero attached hydrogens (tertiary/aromatic N) is 1. The van der Waals surface area contributed by atoms with Gasteiger partial charge in [-0.1, -0.05) is 55.7 Å². The zero-order valence-corrected chi connectivity index (χ0v) is 14.3. The van der Waals surface area contributed by atoms with Crippen LogP contribution < -0.4 is 10.7 Å². The number of hydrazone groups is 1. The average molecular weight is 325 g/mol. The molecule has 2 N–H and O–H groups in total. The zero-order valence-electron chi connectivity index (χ0n) is 13.5. The molecule has 0 unspecified atom stereocenters. The highest BCUT2D eigenvalue weighted by Crippen LogP contribution is 2.17. The molecule has 0 heterocycles. The number of benzene rings is 2. The Labute approximate surface area is 143 Å². The van der Waals surface area contributed by atoms with Crippen molar-refractivity contribution in [2.24, 2.45) is 5.10 Å². The maximum absolute atomic E-state index is 5.35. The normalized spacial score (nSPS) is 16.3. The first-order chi connectivity index (χ1) is 11.2. The van der Waals surface area contributed by atoms with E-state index >= 15 is 0 Å². The van der Waals surface area contributed by atoms with Gasteiger partial charge in [-0.05, 0) is 54.4 Å². The van der Waals surface area contributed by atoms with E-state index in [1.807, 2.05) is 6.92 Å². The van der Waals surface area contributed by atoms with Gasteiger partial charge in [0.05, 0.1) is 5.71 Å². The first-order valence-electron chi connectivity index (χ1n) is 8.32. The molecule has 0 aromatic heterocycles. The standard InChI is InChI=1S/C19H23N3S/c1-14(16-12-11-15-7-5-6-8-17(15)13-16)21-22-19(23)20-18-9-3-2-4-10-18/h5-8,11-13,18H,2-4,9-10H2,1H3,(H2,20,22,23)/b21-14-. The average Bonchev–Trinajstić information content (AvgIpc) is 2.60. The molecule has 1 saturated carbocycles. The lowest BCUT2D eigenvalue weighted by molar-refractivity contribution is 0.412. The Hall–Kier alpha value is -1.94.